The topological polar surface area (TPSA) is 70.6 Å². The summed E-state index contributed by atoms with van der Waals surface area (Å²) in [4.78, 5) is 12.4. The normalized spacial score (nSPS) is 19.2. The number of benzene rings is 1. The second-order valence-electron chi connectivity index (χ2n) is 7.09. The summed E-state index contributed by atoms with van der Waals surface area (Å²) < 4.78 is 45.8. The molecule has 27 heavy (non-hydrogen) atoms. The van der Waals surface area contributed by atoms with Gasteiger partial charge in [0.2, 0.25) is 0 Å². The molecule has 1 amide bonds. The standard InChI is InChI=1S/C19H27F3N2O3/c1-13(6-7-14-8-10-23-11-9-14)24-17(25)18(26,19(20,21)22)15-4-3-5-16(12-15)27-2/h3-5,12-14,23,26H,6-11H2,1-2H3,(H,24,25)/t13?,18-/m1/s1. The molecule has 1 fully saturated rings. The summed E-state index contributed by atoms with van der Waals surface area (Å²) in [5, 5.41) is 16.0. The predicted molar refractivity (Wildman–Crippen MR) is 95.4 cm³/mol. The Morgan fingerprint density at radius 2 is 2.04 bits per heavy atom. The average Bonchev–Trinajstić information content (AvgIpc) is 2.65. The molecule has 0 bridgehead atoms. The minimum atomic E-state index is -5.17. The van der Waals surface area contributed by atoms with Gasteiger partial charge in [0.25, 0.3) is 11.5 Å². The Morgan fingerprint density at radius 3 is 2.63 bits per heavy atom. The lowest BCUT2D eigenvalue weighted by molar-refractivity contribution is -0.257. The molecule has 8 heteroatoms. The summed E-state index contributed by atoms with van der Waals surface area (Å²) in [6, 6.07) is 4.35. The van der Waals surface area contributed by atoms with Crippen LogP contribution in [0.2, 0.25) is 0 Å². The second kappa shape index (κ2) is 8.93. The number of alkyl halides is 3. The van der Waals surface area contributed by atoms with Crippen LogP contribution in [0.1, 0.15) is 38.2 Å². The van der Waals surface area contributed by atoms with Gasteiger partial charge in [-0.1, -0.05) is 12.1 Å². The van der Waals surface area contributed by atoms with Crippen molar-refractivity contribution >= 4 is 5.91 Å². The third kappa shape index (κ3) is 5.13. The van der Waals surface area contributed by atoms with Crippen LogP contribution in [0.15, 0.2) is 24.3 Å². The fourth-order valence-corrected chi connectivity index (χ4v) is 3.33. The van der Waals surface area contributed by atoms with Crippen molar-refractivity contribution in [2.75, 3.05) is 20.2 Å². The minimum Gasteiger partial charge on any atom is -0.497 e. The van der Waals surface area contributed by atoms with Gasteiger partial charge in [-0.2, -0.15) is 13.2 Å². The van der Waals surface area contributed by atoms with Gasteiger partial charge in [0, 0.05) is 11.6 Å². The number of rotatable bonds is 7. The van der Waals surface area contributed by atoms with Crippen LogP contribution in [-0.4, -0.2) is 43.4 Å². The minimum absolute atomic E-state index is 0.127. The molecule has 5 nitrogen and oxygen atoms in total. The first-order valence-electron chi connectivity index (χ1n) is 9.13. The van der Waals surface area contributed by atoms with E-state index in [4.69, 9.17) is 4.74 Å². The van der Waals surface area contributed by atoms with Crippen LogP contribution in [0.25, 0.3) is 0 Å². The molecule has 1 aromatic carbocycles. The van der Waals surface area contributed by atoms with Crippen LogP contribution in [0.4, 0.5) is 13.2 Å². The molecule has 1 aromatic rings. The second-order valence-corrected chi connectivity index (χ2v) is 7.09. The maximum Gasteiger partial charge on any atom is 0.430 e. The van der Waals surface area contributed by atoms with E-state index in [0.717, 1.165) is 44.5 Å². The van der Waals surface area contributed by atoms with E-state index in [0.29, 0.717) is 12.3 Å². The van der Waals surface area contributed by atoms with Crippen LogP contribution in [0.3, 0.4) is 0 Å². The third-order valence-electron chi connectivity index (χ3n) is 5.07. The Hall–Kier alpha value is -1.80. The van der Waals surface area contributed by atoms with Crippen LogP contribution in [0.5, 0.6) is 5.75 Å². The van der Waals surface area contributed by atoms with Crippen molar-refractivity contribution in [3.63, 3.8) is 0 Å². The molecule has 2 atom stereocenters. The molecule has 1 heterocycles. The maximum absolute atomic E-state index is 13.6. The highest BCUT2D eigenvalue weighted by molar-refractivity contribution is 5.87. The van der Waals surface area contributed by atoms with Crippen LogP contribution >= 0.6 is 0 Å². The SMILES string of the molecule is COc1cccc([C@@](O)(C(=O)NC(C)CCC2CCNCC2)C(F)(F)F)c1. The Bertz CT molecular complexity index is 633. The molecule has 1 saturated heterocycles. The summed E-state index contributed by atoms with van der Waals surface area (Å²) in [6.07, 6.45) is -1.73. The van der Waals surface area contributed by atoms with Crippen molar-refractivity contribution in [3.05, 3.63) is 29.8 Å². The summed E-state index contributed by atoms with van der Waals surface area (Å²) in [7, 11) is 1.30. The largest absolute Gasteiger partial charge is 0.497 e. The number of amides is 1. The number of carbonyl (C=O) groups is 1. The van der Waals surface area contributed by atoms with Crippen molar-refractivity contribution < 1.29 is 27.8 Å². The molecular formula is C19H27F3N2O3. The molecule has 0 saturated carbocycles. The number of ether oxygens (including phenoxy) is 1. The van der Waals surface area contributed by atoms with Crippen molar-refractivity contribution in [1.29, 1.82) is 0 Å². The molecule has 2 rings (SSSR count). The van der Waals surface area contributed by atoms with Gasteiger partial charge in [0.15, 0.2) is 0 Å². The fourth-order valence-electron chi connectivity index (χ4n) is 3.33. The monoisotopic (exact) mass is 388 g/mol. The van der Waals surface area contributed by atoms with E-state index in [1.54, 1.807) is 6.92 Å². The zero-order valence-corrected chi connectivity index (χ0v) is 15.6. The highest BCUT2D eigenvalue weighted by atomic mass is 19.4. The van der Waals surface area contributed by atoms with Gasteiger partial charge in [0.05, 0.1) is 7.11 Å². The molecule has 0 radical (unpaired) electrons. The zero-order valence-electron chi connectivity index (χ0n) is 15.6. The number of carbonyl (C=O) groups excluding carboxylic acids is 1. The first kappa shape index (κ1) is 21.5. The lowest BCUT2D eigenvalue weighted by atomic mass is 9.90. The van der Waals surface area contributed by atoms with Gasteiger partial charge in [-0.3, -0.25) is 4.79 Å². The Balaban J connectivity index is 2.09. The van der Waals surface area contributed by atoms with E-state index in [1.165, 1.54) is 19.2 Å². The van der Waals surface area contributed by atoms with Gasteiger partial charge < -0.3 is 20.5 Å². The van der Waals surface area contributed by atoms with E-state index >= 15 is 0 Å². The number of halogens is 3. The van der Waals surface area contributed by atoms with Gasteiger partial charge in [0.1, 0.15) is 5.75 Å². The molecule has 1 aliphatic rings. The zero-order chi connectivity index (χ0) is 20.1. The molecule has 1 unspecified atom stereocenters. The number of methoxy groups -OCH3 is 1. The lowest BCUT2D eigenvalue weighted by Crippen LogP contribution is -2.56. The molecular weight excluding hydrogens is 361 g/mol. The quantitative estimate of drug-likeness (QED) is 0.672. The Kier molecular flexibility index (Phi) is 7.11. The van der Waals surface area contributed by atoms with Crippen molar-refractivity contribution in [2.45, 2.75) is 50.4 Å². The number of hydrogen-bond donors (Lipinski definition) is 3. The smallest absolute Gasteiger partial charge is 0.430 e. The molecule has 0 spiro atoms. The van der Waals surface area contributed by atoms with Crippen LogP contribution in [0, 0.1) is 5.92 Å². The van der Waals surface area contributed by atoms with Crippen molar-refractivity contribution in [3.8, 4) is 5.75 Å². The van der Waals surface area contributed by atoms with Crippen molar-refractivity contribution in [2.24, 2.45) is 5.92 Å². The third-order valence-corrected chi connectivity index (χ3v) is 5.07. The summed E-state index contributed by atoms with van der Waals surface area (Å²) in [5.41, 5.74) is -4.21. The first-order valence-corrected chi connectivity index (χ1v) is 9.13. The fraction of sp³-hybridized carbons (Fsp3) is 0.632. The molecule has 152 valence electrons. The average molecular weight is 388 g/mol. The Morgan fingerprint density at radius 1 is 1.37 bits per heavy atom. The maximum atomic E-state index is 13.6. The molecule has 0 aliphatic carbocycles. The highest BCUT2D eigenvalue weighted by Gasteiger charge is 2.61. The van der Waals surface area contributed by atoms with Crippen molar-refractivity contribution in [1.82, 2.24) is 10.6 Å². The predicted octanol–water partition coefficient (Wildman–Crippen LogP) is 2.73. The van der Waals surface area contributed by atoms with Crippen LogP contribution < -0.4 is 15.4 Å². The van der Waals surface area contributed by atoms with E-state index in [9.17, 15) is 23.1 Å². The first-order chi connectivity index (χ1) is 12.7. The number of piperidine rings is 1. The summed E-state index contributed by atoms with van der Waals surface area (Å²) in [6.45, 7) is 3.53. The van der Waals surface area contributed by atoms with E-state index in [2.05, 4.69) is 10.6 Å². The summed E-state index contributed by atoms with van der Waals surface area (Å²) in [5.74, 6) is -0.839. The molecule has 1 aliphatic heterocycles. The van der Waals surface area contributed by atoms with Crippen LogP contribution in [-0.2, 0) is 10.4 Å². The molecule has 0 aromatic heterocycles. The number of aliphatic hydroxyl groups is 1. The number of hydrogen-bond acceptors (Lipinski definition) is 4. The van der Waals surface area contributed by atoms with E-state index < -0.39 is 29.3 Å². The van der Waals surface area contributed by atoms with Gasteiger partial charge in [-0.05, 0) is 63.7 Å². The highest BCUT2D eigenvalue weighted by Crippen LogP contribution is 2.40. The van der Waals surface area contributed by atoms with Gasteiger partial charge >= 0.3 is 6.18 Å². The van der Waals surface area contributed by atoms with E-state index in [-0.39, 0.29) is 5.75 Å². The summed E-state index contributed by atoms with van der Waals surface area (Å²) >= 11 is 0. The molecule has 3 N–H and O–H groups in total. The van der Waals surface area contributed by atoms with Gasteiger partial charge in [-0.25, -0.2) is 0 Å². The van der Waals surface area contributed by atoms with E-state index in [1.807, 2.05) is 0 Å². The number of nitrogens with one attached hydrogen (secondary N) is 2. The van der Waals surface area contributed by atoms with Gasteiger partial charge in [-0.15, -0.1) is 0 Å². The lowest BCUT2D eigenvalue weighted by Gasteiger charge is -2.31. The Labute approximate surface area is 157 Å².